The van der Waals surface area contributed by atoms with Gasteiger partial charge in [0.15, 0.2) is 5.75 Å². The molecule has 1 aromatic carbocycles. The van der Waals surface area contributed by atoms with Crippen molar-refractivity contribution >= 4 is 21.7 Å². The second kappa shape index (κ2) is 4.66. The van der Waals surface area contributed by atoms with Crippen LogP contribution in [-0.4, -0.2) is 38.4 Å². The van der Waals surface area contributed by atoms with Crippen molar-refractivity contribution in [1.82, 2.24) is 0 Å². The maximum absolute atomic E-state index is 12.4. The molecule has 1 aliphatic heterocycles. The van der Waals surface area contributed by atoms with Crippen LogP contribution in [0.3, 0.4) is 0 Å². The van der Waals surface area contributed by atoms with Crippen molar-refractivity contribution in [2.75, 3.05) is 23.2 Å². The van der Waals surface area contributed by atoms with E-state index < -0.39 is 16.0 Å². The smallest absolute Gasteiger partial charge is 0.339 e. The quantitative estimate of drug-likeness (QED) is 0.906. The fourth-order valence-electron chi connectivity index (χ4n) is 2.35. The van der Waals surface area contributed by atoms with Gasteiger partial charge in [0.2, 0.25) is 10.0 Å². The number of carbonyl (C=O) groups is 1. The van der Waals surface area contributed by atoms with E-state index in [1.807, 2.05) is 0 Å². The predicted octanol–water partition coefficient (Wildman–Crippen LogP) is 1.32. The Labute approximate surface area is 117 Å². The Hall–Kier alpha value is -1.76. The Bertz CT molecular complexity index is 651. The normalized spacial score (nSPS) is 18.3. The van der Waals surface area contributed by atoms with Crippen molar-refractivity contribution in [3.8, 4) is 5.75 Å². The molecule has 20 heavy (non-hydrogen) atoms. The van der Waals surface area contributed by atoms with Crippen LogP contribution in [0.1, 0.15) is 23.2 Å². The SMILES string of the molecule is O=C(O)c1cccc2c1OCCN2S(=O)(=O)CC1CC1. The van der Waals surface area contributed by atoms with Gasteiger partial charge in [0.1, 0.15) is 12.2 Å². The highest BCUT2D eigenvalue weighted by Crippen LogP contribution is 2.38. The minimum atomic E-state index is -3.42. The number of nitrogens with zero attached hydrogens (tertiary/aromatic N) is 1. The maximum atomic E-state index is 12.4. The Morgan fingerprint density at radius 3 is 2.80 bits per heavy atom. The number of hydrogen-bond donors (Lipinski definition) is 1. The van der Waals surface area contributed by atoms with E-state index >= 15 is 0 Å². The summed E-state index contributed by atoms with van der Waals surface area (Å²) in [5, 5.41) is 9.14. The van der Waals surface area contributed by atoms with Gasteiger partial charge in [-0.3, -0.25) is 4.31 Å². The summed E-state index contributed by atoms with van der Waals surface area (Å²) < 4.78 is 31.5. The van der Waals surface area contributed by atoms with Gasteiger partial charge < -0.3 is 9.84 Å². The number of carboxylic acid groups (broad SMARTS) is 1. The molecule has 3 rings (SSSR count). The standard InChI is InChI=1S/C13H15NO5S/c15-13(16)10-2-1-3-11-12(10)19-7-6-14(11)20(17,18)8-9-4-5-9/h1-3,9H,4-8H2,(H,15,16). The predicted molar refractivity (Wildman–Crippen MR) is 72.8 cm³/mol. The van der Waals surface area contributed by atoms with Gasteiger partial charge >= 0.3 is 5.97 Å². The first-order chi connectivity index (χ1) is 9.49. The molecule has 0 aromatic heterocycles. The molecule has 0 bridgehead atoms. The molecule has 1 heterocycles. The highest BCUT2D eigenvalue weighted by atomic mass is 32.2. The van der Waals surface area contributed by atoms with Crippen LogP contribution in [0.25, 0.3) is 0 Å². The Balaban J connectivity index is 2.01. The molecule has 7 heteroatoms. The average Bonchev–Trinajstić information content (AvgIpc) is 3.20. The van der Waals surface area contributed by atoms with E-state index in [-0.39, 0.29) is 36.1 Å². The van der Waals surface area contributed by atoms with Crippen LogP contribution in [0.15, 0.2) is 18.2 Å². The fraction of sp³-hybridized carbons (Fsp3) is 0.462. The third kappa shape index (κ3) is 2.33. The summed E-state index contributed by atoms with van der Waals surface area (Å²) in [4.78, 5) is 11.2. The Morgan fingerprint density at radius 1 is 1.40 bits per heavy atom. The second-order valence-electron chi connectivity index (χ2n) is 5.10. The summed E-state index contributed by atoms with van der Waals surface area (Å²) in [6, 6.07) is 4.54. The van der Waals surface area contributed by atoms with Crippen LogP contribution in [0, 0.1) is 5.92 Å². The number of carboxylic acids is 1. The van der Waals surface area contributed by atoms with Crippen LogP contribution < -0.4 is 9.04 Å². The molecule has 1 aromatic rings. The van der Waals surface area contributed by atoms with Crippen molar-refractivity contribution in [1.29, 1.82) is 0 Å². The first-order valence-corrected chi connectivity index (χ1v) is 8.09. The van der Waals surface area contributed by atoms with Crippen molar-refractivity contribution in [3.05, 3.63) is 23.8 Å². The molecule has 108 valence electrons. The monoisotopic (exact) mass is 297 g/mol. The van der Waals surface area contributed by atoms with Crippen LogP contribution in [-0.2, 0) is 10.0 Å². The van der Waals surface area contributed by atoms with Gasteiger partial charge in [-0.1, -0.05) is 6.07 Å². The van der Waals surface area contributed by atoms with Gasteiger partial charge in [-0.25, -0.2) is 13.2 Å². The minimum Gasteiger partial charge on any atom is -0.489 e. The summed E-state index contributed by atoms with van der Waals surface area (Å²) in [6.07, 6.45) is 1.90. The zero-order valence-electron chi connectivity index (χ0n) is 10.8. The number of para-hydroxylation sites is 1. The molecule has 0 radical (unpaired) electrons. The van der Waals surface area contributed by atoms with Gasteiger partial charge in [-0.2, -0.15) is 0 Å². The molecule has 0 amide bonds. The number of aromatic carboxylic acids is 1. The molecule has 0 unspecified atom stereocenters. The highest BCUT2D eigenvalue weighted by Gasteiger charge is 2.35. The lowest BCUT2D eigenvalue weighted by Crippen LogP contribution is -2.40. The van der Waals surface area contributed by atoms with Gasteiger partial charge in [-0.15, -0.1) is 0 Å². The number of ether oxygens (including phenoxy) is 1. The number of fused-ring (bicyclic) bond motifs is 1. The molecular weight excluding hydrogens is 282 g/mol. The van der Waals surface area contributed by atoms with Gasteiger partial charge in [0.25, 0.3) is 0 Å². The Kier molecular flexibility index (Phi) is 3.08. The third-order valence-corrected chi connectivity index (χ3v) is 5.46. The number of anilines is 1. The number of benzene rings is 1. The lowest BCUT2D eigenvalue weighted by Gasteiger charge is -2.31. The summed E-state index contributed by atoms with van der Waals surface area (Å²) in [5.74, 6) is -0.605. The van der Waals surface area contributed by atoms with Crippen LogP contribution in [0.5, 0.6) is 5.75 Å². The molecule has 1 N–H and O–H groups in total. The minimum absolute atomic E-state index is 0.00572. The van der Waals surface area contributed by atoms with Gasteiger partial charge in [-0.05, 0) is 30.9 Å². The highest BCUT2D eigenvalue weighted by molar-refractivity contribution is 7.92. The number of hydrogen-bond acceptors (Lipinski definition) is 4. The average molecular weight is 297 g/mol. The van der Waals surface area contributed by atoms with E-state index in [0.717, 1.165) is 12.8 Å². The second-order valence-corrected chi connectivity index (χ2v) is 7.04. The molecular formula is C13H15NO5S. The summed E-state index contributed by atoms with van der Waals surface area (Å²) in [6.45, 7) is 0.395. The first kappa shape index (κ1) is 13.2. The van der Waals surface area contributed by atoms with Gasteiger partial charge in [0.05, 0.1) is 18.0 Å². The van der Waals surface area contributed by atoms with Crippen LogP contribution in [0.4, 0.5) is 5.69 Å². The zero-order valence-corrected chi connectivity index (χ0v) is 11.6. The van der Waals surface area contributed by atoms with E-state index in [9.17, 15) is 13.2 Å². The number of sulfonamides is 1. The van der Waals surface area contributed by atoms with Crippen molar-refractivity contribution in [2.45, 2.75) is 12.8 Å². The topological polar surface area (TPSA) is 83.9 Å². The summed E-state index contributed by atoms with van der Waals surface area (Å²) in [7, 11) is -3.42. The molecule has 0 atom stereocenters. The first-order valence-electron chi connectivity index (χ1n) is 6.48. The van der Waals surface area contributed by atoms with E-state index in [1.165, 1.54) is 16.4 Å². The molecule has 1 fully saturated rings. The van der Waals surface area contributed by atoms with Crippen molar-refractivity contribution in [2.24, 2.45) is 5.92 Å². The molecule has 0 saturated heterocycles. The summed E-state index contributed by atoms with van der Waals surface area (Å²) in [5.41, 5.74) is 0.325. The largest absolute Gasteiger partial charge is 0.489 e. The Morgan fingerprint density at radius 2 is 2.15 bits per heavy atom. The van der Waals surface area contributed by atoms with Crippen LogP contribution in [0.2, 0.25) is 0 Å². The van der Waals surface area contributed by atoms with E-state index in [1.54, 1.807) is 6.07 Å². The van der Waals surface area contributed by atoms with Gasteiger partial charge in [0, 0.05) is 0 Å². The fourth-order valence-corrected chi connectivity index (χ4v) is 4.26. The van der Waals surface area contributed by atoms with Crippen molar-refractivity contribution < 1.29 is 23.1 Å². The molecule has 2 aliphatic rings. The summed E-state index contributed by atoms with van der Waals surface area (Å²) >= 11 is 0. The third-order valence-electron chi connectivity index (χ3n) is 3.51. The molecule has 1 saturated carbocycles. The number of rotatable bonds is 4. The zero-order chi connectivity index (χ0) is 14.3. The van der Waals surface area contributed by atoms with E-state index in [4.69, 9.17) is 9.84 Å². The maximum Gasteiger partial charge on any atom is 0.339 e. The van der Waals surface area contributed by atoms with Crippen LogP contribution >= 0.6 is 0 Å². The van der Waals surface area contributed by atoms with Crippen molar-refractivity contribution in [3.63, 3.8) is 0 Å². The van der Waals surface area contributed by atoms with E-state index in [2.05, 4.69) is 0 Å². The molecule has 0 spiro atoms. The lowest BCUT2D eigenvalue weighted by atomic mass is 10.1. The molecule has 1 aliphatic carbocycles. The molecule has 6 nitrogen and oxygen atoms in total. The van der Waals surface area contributed by atoms with E-state index in [0.29, 0.717) is 5.69 Å². The lowest BCUT2D eigenvalue weighted by molar-refractivity contribution is 0.0692.